The van der Waals surface area contributed by atoms with Gasteiger partial charge in [0, 0.05) is 11.5 Å². The van der Waals surface area contributed by atoms with E-state index in [2.05, 4.69) is 33.8 Å². The second-order valence-electron chi connectivity index (χ2n) is 3.02. The van der Waals surface area contributed by atoms with Crippen molar-refractivity contribution in [2.45, 2.75) is 19.8 Å². The lowest BCUT2D eigenvalue weighted by Crippen LogP contribution is -2.05. The Kier molecular flexibility index (Phi) is 4.36. The second-order valence-corrected chi connectivity index (χ2v) is 3.80. The summed E-state index contributed by atoms with van der Waals surface area (Å²) in [6, 6.07) is 2.13. The van der Waals surface area contributed by atoms with Gasteiger partial charge in [-0.1, -0.05) is 18.5 Å². The van der Waals surface area contributed by atoms with Crippen molar-refractivity contribution >= 4 is 11.3 Å². The molecule has 0 aromatic carbocycles. The third-order valence-electron chi connectivity index (χ3n) is 2.08. The predicted molar refractivity (Wildman–Crippen MR) is 55.8 cm³/mol. The Hall–Kier alpha value is -0.990. The molecule has 4 heteroatoms. The molecule has 0 N–H and O–H groups in total. The van der Waals surface area contributed by atoms with Crippen LogP contribution in [0.15, 0.2) is 21.9 Å². The Morgan fingerprint density at radius 3 is 3.08 bits per heavy atom. The quantitative estimate of drug-likeness (QED) is 0.391. The number of hydrogen-bond acceptors (Lipinski definition) is 2. The van der Waals surface area contributed by atoms with Crippen molar-refractivity contribution in [2.24, 2.45) is 11.0 Å². The monoisotopic (exact) mass is 195 g/mol. The van der Waals surface area contributed by atoms with Gasteiger partial charge in [0.1, 0.15) is 0 Å². The van der Waals surface area contributed by atoms with Crippen LogP contribution in [-0.2, 0) is 6.42 Å². The molecule has 0 saturated carbocycles. The summed E-state index contributed by atoms with van der Waals surface area (Å²) in [5, 5.41) is 7.84. The molecule has 0 fully saturated rings. The Labute approximate surface area is 82.0 Å². The lowest BCUT2D eigenvalue weighted by molar-refractivity contribution is 0.518. The summed E-state index contributed by atoms with van der Waals surface area (Å²) in [5.41, 5.74) is 9.55. The van der Waals surface area contributed by atoms with Crippen molar-refractivity contribution in [3.8, 4) is 0 Å². The summed E-state index contributed by atoms with van der Waals surface area (Å²) >= 11 is 1.71. The van der Waals surface area contributed by atoms with Gasteiger partial charge in [-0.2, -0.15) is 11.3 Å². The van der Waals surface area contributed by atoms with Gasteiger partial charge >= 0.3 is 0 Å². The van der Waals surface area contributed by atoms with Crippen LogP contribution in [-0.4, -0.2) is 6.54 Å². The molecule has 0 spiro atoms. The van der Waals surface area contributed by atoms with Crippen LogP contribution in [0.2, 0.25) is 0 Å². The normalized spacial score (nSPS) is 12.1. The summed E-state index contributed by atoms with van der Waals surface area (Å²) < 4.78 is 0. The van der Waals surface area contributed by atoms with E-state index in [4.69, 9.17) is 5.53 Å². The highest BCUT2D eigenvalue weighted by Crippen LogP contribution is 2.15. The van der Waals surface area contributed by atoms with Gasteiger partial charge in [0.05, 0.1) is 0 Å². The minimum absolute atomic E-state index is 0.491. The van der Waals surface area contributed by atoms with Crippen molar-refractivity contribution < 1.29 is 0 Å². The van der Waals surface area contributed by atoms with Gasteiger partial charge in [0.15, 0.2) is 0 Å². The third kappa shape index (κ3) is 3.49. The third-order valence-corrected chi connectivity index (χ3v) is 2.82. The van der Waals surface area contributed by atoms with E-state index in [1.54, 1.807) is 11.3 Å². The van der Waals surface area contributed by atoms with Crippen molar-refractivity contribution in [1.82, 2.24) is 0 Å². The molecule has 1 aromatic rings. The lowest BCUT2D eigenvalue weighted by atomic mass is 9.99. The topological polar surface area (TPSA) is 48.8 Å². The number of rotatable bonds is 5. The Morgan fingerprint density at radius 1 is 1.69 bits per heavy atom. The van der Waals surface area contributed by atoms with Crippen LogP contribution < -0.4 is 0 Å². The molecule has 1 atom stereocenters. The largest absolute Gasteiger partial charge is 0.152 e. The predicted octanol–water partition coefficient (Wildman–Crippen LogP) is 3.63. The van der Waals surface area contributed by atoms with E-state index in [1.165, 1.54) is 5.56 Å². The van der Waals surface area contributed by atoms with Crippen LogP contribution in [0.25, 0.3) is 10.4 Å². The molecule has 0 amide bonds. The van der Waals surface area contributed by atoms with Crippen LogP contribution in [0, 0.1) is 5.92 Å². The first kappa shape index (κ1) is 10.1. The Bertz CT molecular complexity index is 275. The van der Waals surface area contributed by atoms with E-state index < -0.39 is 0 Å². The van der Waals surface area contributed by atoms with Gasteiger partial charge < -0.3 is 0 Å². The smallest absolute Gasteiger partial charge is 0.0289 e. The first-order chi connectivity index (χ1) is 6.36. The molecule has 0 aliphatic heterocycles. The molecule has 0 saturated heterocycles. The van der Waals surface area contributed by atoms with E-state index in [0.717, 1.165) is 12.8 Å². The van der Waals surface area contributed by atoms with Gasteiger partial charge in [-0.25, -0.2) is 0 Å². The highest BCUT2D eigenvalue weighted by atomic mass is 32.1. The first-order valence-corrected chi connectivity index (χ1v) is 5.33. The fourth-order valence-electron chi connectivity index (χ4n) is 1.23. The molecule has 0 aliphatic carbocycles. The summed E-state index contributed by atoms with van der Waals surface area (Å²) in [4.78, 5) is 2.78. The van der Waals surface area contributed by atoms with Crippen molar-refractivity contribution in [3.05, 3.63) is 32.8 Å². The molecular weight excluding hydrogens is 182 g/mol. The zero-order chi connectivity index (χ0) is 9.52. The highest BCUT2D eigenvalue weighted by molar-refractivity contribution is 7.07. The second kappa shape index (κ2) is 5.62. The Morgan fingerprint density at radius 2 is 2.54 bits per heavy atom. The average Bonchev–Trinajstić information content (AvgIpc) is 2.64. The van der Waals surface area contributed by atoms with E-state index in [9.17, 15) is 0 Å². The van der Waals surface area contributed by atoms with E-state index >= 15 is 0 Å². The zero-order valence-electron chi connectivity index (χ0n) is 7.68. The zero-order valence-corrected chi connectivity index (χ0v) is 8.50. The maximum absolute atomic E-state index is 8.20. The highest BCUT2D eigenvalue weighted by Gasteiger charge is 2.05. The number of hydrogen-bond donors (Lipinski definition) is 0. The summed E-state index contributed by atoms with van der Waals surface area (Å²) in [6.45, 7) is 2.74. The summed E-state index contributed by atoms with van der Waals surface area (Å²) in [7, 11) is 0. The summed E-state index contributed by atoms with van der Waals surface area (Å²) in [6.07, 6.45) is 2.09. The fourth-order valence-corrected chi connectivity index (χ4v) is 1.91. The van der Waals surface area contributed by atoms with Crippen LogP contribution in [0.5, 0.6) is 0 Å². The van der Waals surface area contributed by atoms with Crippen molar-refractivity contribution in [3.63, 3.8) is 0 Å². The van der Waals surface area contributed by atoms with E-state index in [-0.39, 0.29) is 0 Å². The van der Waals surface area contributed by atoms with Crippen LogP contribution in [0.4, 0.5) is 0 Å². The molecule has 13 heavy (non-hydrogen) atoms. The summed E-state index contributed by atoms with van der Waals surface area (Å²) in [5.74, 6) is 0.491. The first-order valence-electron chi connectivity index (χ1n) is 4.38. The number of azide groups is 1. The fraction of sp³-hybridized carbons (Fsp3) is 0.556. The molecule has 1 aromatic heterocycles. The number of thiophene rings is 1. The van der Waals surface area contributed by atoms with Gasteiger partial charge in [0.2, 0.25) is 0 Å². The van der Waals surface area contributed by atoms with Gasteiger partial charge in [-0.15, -0.1) is 0 Å². The van der Waals surface area contributed by atoms with Crippen LogP contribution in [0.1, 0.15) is 18.9 Å². The van der Waals surface area contributed by atoms with Gasteiger partial charge in [0.25, 0.3) is 0 Å². The molecule has 1 heterocycles. The molecule has 1 rings (SSSR count). The molecule has 70 valence electrons. The molecule has 0 radical (unpaired) electrons. The molecule has 0 aliphatic rings. The number of nitrogens with zero attached hydrogens (tertiary/aromatic N) is 3. The SMILES string of the molecule is CCC(CN=[N+]=[N-])Cc1ccsc1. The molecule has 0 bridgehead atoms. The Balaban J connectivity index is 2.44. The maximum Gasteiger partial charge on any atom is 0.0289 e. The van der Waals surface area contributed by atoms with Crippen molar-refractivity contribution in [1.29, 1.82) is 0 Å². The lowest BCUT2D eigenvalue weighted by Gasteiger charge is -2.09. The minimum atomic E-state index is 0.491. The minimum Gasteiger partial charge on any atom is -0.152 e. The molecular formula is C9H13N3S. The molecule has 3 nitrogen and oxygen atoms in total. The average molecular weight is 195 g/mol. The van der Waals surface area contributed by atoms with Gasteiger partial charge in [-0.3, -0.25) is 0 Å². The van der Waals surface area contributed by atoms with Gasteiger partial charge in [-0.05, 0) is 40.3 Å². The van der Waals surface area contributed by atoms with Crippen LogP contribution >= 0.6 is 11.3 Å². The maximum atomic E-state index is 8.20. The van der Waals surface area contributed by atoms with Crippen LogP contribution in [0.3, 0.4) is 0 Å². The van der Waals surface area contributed by atoms with E-state index in [0.29, 0.717) is 12.5 Å². The molecule has 1 unspecified atom stereocenters. The standard InChI is InChI=1S/C9H13N3S/c1-2-8(6-11-12-10)5-9-3-4-13-7-9/h3-4,7-8H,2,5-6H2,1H3. The van der Waals surface area contributed by atoms with E-state index in [1.807, 2.05) is 0 Å². The van der Waals surface area contributed by atoms with Crippen molar-refractivity contribution in [2.75, 3.05) is 6.54 Å².